The van der Waals surface area contributed by atoms with E-state index in [2.05, 4.69) is 39.5 Å². The van der Waals surface area contributed by atoms with Crippen LogP contribution in [0.2, 0.25) is 0 Å². The summed E-state index contributed by atoms with van der Waals surface area (Å²) in [4.78, 5) is 11.1. The molecule has 106 valence electrons. The van der Waals surface area contributed by atoms with Gasteiger partial charge < -0.3 is 15.5 Å². The molecule has 2 heterocycles. The maximum atomic E-state index is 4.39. The van der Waals surface area contributed by atoms with E-state index in [-0.39, 0.29) is 0 Å². The van der Waals surface area contributed by atoms with Crippen LogP contribution in [0.15, 0.2) is 6.33 Å². The highest BCUT2D eigenvalue weighted by molar-refractivity contribution is 5.57. The van der Waals surface area contributed by atoms with Crippen LogP contribution in [-0.4, -0.2) is 48.6 Å². The molecule has 1 aromatic rings. The Morgan fingerprint density at radius 1 is 1.37 bits per heavy atom. The van der Waals surface area contributed by atoms with Gasteiger partial charge in [0.2, 0.25) is 0 Å². The molecule has 2 N–H and O–H groups in total. The monoisotopic (exact) mass is 263 g/mol. The number of nitrogens with one attached hydrogen (secondary N) is 2. The lowest BCUT2D eigenvalue weighted by Gasteiger charge is -2.30. The lowest BCUT2D eigenvalue weighted by molar-refractivity contribution is 0.217. The highest BCUT2D eigenvalue weighted by atomic mass is 15.1. The maximum Gasteiger partial charge on any atom is 0.134 e. The minimum Gasteiger partial charge on any atom is -0.373 e. The van der Waals surface area contributed by atoms with Gasteiger partial charge in [-0.25, -0.2) is 9.97 Å². The molecule has 1 fully saturated rings. The van der Waals surface area contributed by atoms with Crippen molar-refractivity contribution >= 4 is 11.6 Å². The van der Waals surface area contributed by atoms with Crippen molar-refractivity contribution in [2.24, 2.45) is 5.92 Å². The first kappa shape index (κ1) is 14.1. The summed E-state index contributed by atoms with van der Waals surface area (Å²) in [5.41, 5.74) is 1.18. The van der Waals surface area contributed by atoms with Crippen molar-refractivity contribution in [3.05, 3.63) is 11.9 Å². The third-order valence-electron chi connectivity index (χ3n) is 3.82. The second-order valence-corrected chi connectivity index (χ2v) is 5.30. The van der Waals surface area contributed by atoms with Gasteiger partial charge in [0.15, 0.2) is 0 Å². The Morgan fingerprint density at radius 2 is 2.16 bits per heavy atom. The summed E-state index contributed by atoms with van der Waals surface area (Å²) in [7, 11) is 4.11. The molecule has 0 radical (unpaired) electrons. The number of likely N-dealkylation sites (tertiary alicyclic amines) is 1. The van der Waals surface area contributed by atoms with Gasteiger partial charge in [0, 0.05) is 25.7 Å². The summed E-state index contributed by atoms with van der Waals surface area (Å²) in [6.07, 6.45) is 5.17. The quantitative estimate of drug-likeness (QED) is 0.849. The van der Waals surface area contributed by atoms with Crippen LogP contribution in [0.5, 0.6) is 0 Å². The predicted molar refractivity (Wildman–Crippen MR) is 79.7 cm³/mol. The second-order valence-electron chi connectivity index (χ2n) is 5.30. The van der Waals surface area contributed by atoms with Crippen LogP contribution in [0.1, 0.15) is 25.3 Å². The molecule has 0 aromatic carbocycles. The van der Waals surface area contributed by atoms with Gasteiger partial charge in [-0.15, -0.1) is 0 Å². The molecule has 5 heteroatoms. The molecular weight excluding hydrogens is 238 g/mol. The van der Waals surface area contributed by atoms with Gasteiger partial charge in [-0.3, -0.25) is 0 Å². The van der Waals surface area contributed by atoms with Gasteiger partial charge in [-0.2, -0.15) is 0 Å². The summed E-state index contributed by atoms with van der Waals surface area (Å²) in [5.74, 6) is 2.63. The van der Waals surface area contributed by atoms with Crippen LogP contribution in [-0.2, 0) is 6.42 Å². The van der Waals surface area contributed by atoms with Crippen molar-refractivity contribution in [3.63, 3.8) is 0 Å². The van der Waals surface area contributed by atoms with Gasteiger partial charge in [-0.1, -0.05) is 6.92 Å². The Kier molecular flexibility index (Phi) is 4.96. The van der Waals surface area contributed by atoms with Crippen molar-refractivity contribution in [1.29, 1.82) is 0 Å². The fourth-order valence-corrected chi connectivity index (χ4v) is 2.80. The molecule has 0 bridgehead atoms. The number of anilines is 2. The lowest BCUT2D eigenvalue weighted by Crippen LogP contribution is -2.35. The van der Waals surface area contributed by atoms with Crippen molar-refractivity contribution < 1.29 is 0 Å². The molecule has 1 aliphatic rings. The number of aromatic nitrogens is 2. The number of piperidine rings is 1. The highest BCUT2D eigenvalue weighted by Crippen LogP contribution is 2.21. The van der Waals surface area contributed by atoms with E-state index >= 15 is 0 Å². The number of nitrogens with zero attached hydrogens (tertiary/aromatic N) is 3. The minimum absolute atomic E-state index is 0.719. The Balaban J connectivity index is 1.99. The van der Waals surface area contributed by atoms with Crippen molar-refractivity contribution in [1.82, 2.24) is 14.9 Å². The topological polar surface area (TPSA) is 53.1 Å². The molecule has 19 heavy (non-hydrogen) atoms. The van der Waals surface area contributed by atoms with Gasteiger partial charge in [0.05, 0.1) is 0 Å². The van der Waals surface area contributed by atoms with Crippen LogP contribution >= 0.6 is 0 Å². The molecular formula is C14H25N5. The van der Waals surface area contributed by atoms with E-state index in [0.717, 1.165) is 30.5 Å². The number of hydrogen-bond donors (Lipinski definition) is 2. The minimum atomic E-state index is 0.719. The summed E-state index contributed by atoms with van der Waals surface area (Å²) in [5, 5.41) is 6.64. The van der Waals surface area contributed by atoms with E-state index in [1.54, 1.807) is 6.33 Å². The zero-order valence-electron chi connectivity index (χ0n) is 12.2. The van der Waals surface area contributed by atoms with E-state index in [9.17, 15) is 0 Å². The van der Waals surface area contributed by atoms with E-state index in [0.29, 0.717) is 0 Å². The molecule has 0 aliphatic carbocycles. The summed E-state index contributed by atoms with van der Waals surface area (Å²) >= 11 is 0. The van der Waals surface area contributed by atoms with Crippen LogP contribution in [0.3, 0.4) is 0 Å². The van der Waals surface area contributed by atoms with Gasteiger partial charge in [0.25, 0.3) is 0 Å². The van der Waals surface area contributed by atoms with Crippen molar-refractivity contribution in [2.45, 2.75) is 26.2 Å². The summed E-state index contributed by atoms with van der Waals surface area (Å²) in [6.45, 7) is 5.54. The van der Waals surface area contributed by atoms with E-state index in [1.165, 1.54) is 31.5 Å². The zero-order chi connectivity index (χ0) is 13.7. The van der Waals surface area contributed by atoms with E-state index < -0.39 is 0 Å². The van der Waals surface area contributed by atoms with Crippen LogP contribution < -0.4 is 10.6 Å². The lowest BCUT2D eigenvalue weighted by atomic mass is 9.98. The Hall–Kier alpha value is -1.36. The van der Waals surface area contributed by atoms with Crippen molar-refractivity contribution in [2.75, 3.05) is 44.4 Å². The first-order valence-corrected chi connectivity index (χ1v) is 7.18. The molecule has 0 amide bonds. The molecule has 1 atom stereocenters. The SMILES string of the molecule is CCc1c(NC)ncnc1NCC1CCCN(C)C1. The third-order valence-corrected chi connectivity index (χ3v) is 3.82. The number of rotatable bonds is 5. The van der Waals surface area contributed by atoms with E-state index in [4.69, 9.17) is 0 Å². The molecule has 1 aromatic heterocycles. The van der Waals surface area contributed by atoms with Crippen LogP contribution in [0.4, 0.5) is 11.6 Å². The average Bonchev–Trinajstić information content (AvgIpc) is 2.44. The Morgan fingerprint density at radius 3 is 2.84 bits per heavy atom. The molecule has 0 saturated carbocycles. The van der Waals surface area contributed by atoms with Gasteiger partial charge in [0.1, 0.15) is 18.0 Å². The van der Waals surface area contributed by atoms with Gasteiger partial charge >= 0.3 is 0 Å². The van der Waals surface area contributed by atoms with Crippen LogP contribution in [0.25, 0.3) is 0 Å². The molecule has 1 unspecified atom stereocenters. The molecule has 1 saturated heterocycles. The Bertz CT molecular complexity index is 407. The predicted octanol–water partition coefficient (Wildman–Crippen LogP) is 1.83. The van der Waals surface area contributed by atoms with Crippen molar-refractivity contribution in [3.8, 4) is 0 Å². The standard InChI is InChI=1S/C14H25N5/c1-4-12-13(15-2)17-10-18-14(12)16-8-11-6-5-7-19(3)9-11/h10-11H,4-9H2,1-3H3,(H2,15,16,17,18). The Labute approximate surface area is 115 Å². The molecule has 2 rings (SSSR count). The summed E-state index contributed by atoms with van der Waals surface area (Å²) < 4.78 is 0. The van der Waals surface area contributed by atoms with Gasteiger partial charge in [-0.05, 0) is 38.8 Å². The molecule has 0 spiro atoms. The second kappa shape index (κ2) is 6.70. The van der Waals surface area contributed by atoms with E-state index in [1.807, 2.05) is 7.05 Å². The highest BCUT2D eigenvalue weighted by Gasteiger charge is 2.17. The summed E-state index contributed by atoms with van der Waals surface area (Å²) in [6, 6.07) is 0. The third kappa shape index (κ3) is 3.56. The fourth-order valence-electron chi connectivity index (χ4n) is 2.80. The fraction of sp³-hybridized carbons (Fsp3) is 0.714. The zero-order valence-corrected chi connectivity index (χ0v) is 12.2. The first-order valence-electron chi connectivity index (χ1n) is 7.18. The van der Waals surface area contributed by atoms with Crippen LogP contribution in [0, 0.1) is 5.92 Å². The largest absolute Gasteiger partial charge is 0.373 e. The molecule has 1 aliphatic heterocycles. The first-order chi connectivity index (χ1) is 9.24. The smallest absolute Gasteiger partial charge is 0.134 e. The number of hydrogen-bond acceptors (Lipinski definition) is 5. The average molecular weight is 263 g/mol. The maximum absolute atomic E-state index is 4.39. The molecule has 5 nitrogen and oxygen atoms in total. The normalized spacial score (nSPS) is 20.3.